The van der Waals surface area contributed by atoms with Crippen LogP contribution < -0.4 is 16.0 Å². The quantitative estimate of drug-likeness (QED) is 0.135. The summed E-state index contributed by atoms with van der Waals surface area (Å²) in [6, 6.07) is 23.4. The Morgan fingerprint density at radius 1 is 0.700 bits per heavy atom. The van der Waals surface area contributed by atoms with Crippen LogP contribution in [0.3, 0.4) is 0 Å². The predicted octanol–water partition coefficient (Wildman–Crippen LogP) is 4.74. The molecule has 5 heterocycles. The average molecular weight is 805 g/mol. The summed E-state index contributed by atoms with van der Waals surface area (Å²) in [4.78, 5) is 89.7. The maximum absolute atomic E-state index is 13.7. The molecule has 0 radical (unpaired) electrons. The third-order valence-electron chi connectivity index (χ3n) is 11.0. The SMILES string of the molecule is CN1CCC(NC(=O)n2c(O)c(C3=Nc4cc(CC(=O)NCCNC(=O)n5c(O)c(C6=Nc7ccccc7C6=O)c6ccccc65)ccc4C3=O)c3ccccc32)CC1=O. The summed E-state index contributed by atoms with van der Waals surface area (Å²) in [6.07, 6.45) is 0.604. The number of hydrogen-bond acceptors (Lipinski definition) is 10. The Morgan fingerprint density at radius 3 is 1.92 bits per heavy atom. The van der Waals surface area contributed by atoms with Crippen molar-refractivity contribution in [2.75, 3.05) is 26.7 Å². The van der Waals surface area contributed by atoms with E-state index >= 15 is 0 Å². The molecule has 1 fully saturated rings. The smallest absolute Gasteiger partial charge is 0.329 e. The number of hydrogen-bond donors (Lipinski definition) is 5. The van der Waals surface area contributed by atoms with E-state index in [0.717, 1.165) is 9.13 Å². The van der Waals surface area contributed by atoms with Gasteiger partial charge in [0.15, 0.2) is 0 Å². The number of carbonyl (C=O) groups is 6. The highest BCUT2D eigenvalue weighted by Gasteiger charge is 2.35. The van der Waals surface area contributed by atoms with Gasteiger partial charge in [-0.1, -0.05) is 54.6 Å². The van der Waals surface area contributed by atoms with Gasteiger partial charge in [0.1, 0.15) is 11.4 Å². The van der Waals surface area contributed by atoms with Gasteiger partial charge in [0, 0.05) is 61.0 Å². The molecule has 0 saturated carbocycles. The monoisotopic (exact) mass is 804 g/mol. The first-order chi connectivity index (χ1) is 29.0. The summed E-state index contributed by atoms with van der Waals surface area (Å²) in [5, 5.41) is 32.0. The molecule has 1 unspecified atom stereocenters. The predicted molar refractivity (Wildman–Crippen MR) is 221 cm³/mol. The second-order valence-corrected chi connectivity index (χ2v) is 14.8. The number of amides is 4. The van der Waals surface area contributed by atoms with Crippen LogP contribution in [0.5, 0.6) is 11.8 Å². The fourth-order valence-corrected chi connectivity index (χ4v) is 8.01. The Bertz CT molecular complexity index is 2940. The van der Waals surface area contributed by atoms with E-state index in [1.807, 2.05) is 0 Å². The number of aromatic nitrogens is 2. The third-order valence-corrected chi connectivity index (χ3v) is 11.0. The number of fused-ring (bicyclic) bond motifs is 4. The number of ketones is 2. The number of aromatic hydroxyl groups is 2. The van der Waals surface area contributed by atoms with Crippen molar-refractivity contribution in [2.24, 2.45) is 9.98 Å². The largest absolute Gasteiger partial charge is 0.494 e. The molecule has 0 bridgehead atoms. The van der Waals surface area contributed by atoms with Gasteiger partial charge in [0.25, 0.3) is 0 Å². The van der Waals surface area contributed by atoms with E-state index in [1.54, 1.807) is 103 Å². The van der Waals surface area contributed by atoms with Crippen molar-refractivity contribution in [2.45, 2.75) is 25.3 Å². The molecule has 1 saturated heterocycles. The first-order valence-corrected chi connectivity index (χ1v) is 19.2. The Labute approximate surface area is 340 Å². The zero-order valence-corrected chi connectivity index (χ0v) is 32.1. The molecule has 2 aromatic heterocycles. The number of carbonyl (C=O) groups excluding carboxylic acids is 6. The van der Waals surface area contributed by atoms with Crippen molar-refractivity contribution >= 4 is 80.0 Å². The summed E-state index contributed by atoms with van der Waals surface area (Å²) < 4.78 is 2.15. The molecule has 16 heteroatoms. The van der Waals surface area contributed by atoms with Gasteiger partial charge in [0.2, 0.25) is 35.1 Å². The van der Waals surface area contributed by atoms with E-state index in [9.17, 15) is 39.0 Å². The maximum Gasteiger partial charge on any atom is 0.329 e. The molecule has 9 rings (SSSR count). The van der Waals surface area contributed by atoms with Crippen LogP contribution in [-0.2, 0) is 16.0 Å². The van der Waals surface area contributed by atoms with Gasteiger partial charge in [-0.25, -0.2) is 28.7 Å². The fourth-order valence-electron chi connectivity index (χ4n) is 8.01. The van der Waals surface area contributed by atoms with Crippen molar-refractivity contribution in [1.82, 2.24) is 30.0 Å². The van der Waals surface area contributed by atoms with Crippen molar-refractivity contribution in [1.29, 1.82) is 0 Å². The molecule has 3 aliphatic rings. The van der Waals surface area contributed by atoms with Crippen LogP contribution in [0.15, 0.2) is 101 Å². The molecule has 0 aliphatic carbocycles. The van der Waals surface area contributed by atoms with Crippen molar-refractivity contribution in [3.05, 3.63) is 119 Å². The molecular weight excluding hydrogens is 769 g/mol. The Hall–Kier alpha value is -7.88. The van der Waals surface area contributed by atoms with Gasteiger partial charge < -0.3 is 31.1 Å². The number of para-hydroxylation sites is 3. The number of benzene rings is 4. The van der Waals surface area contributed by atoms with E-state index in [4.69, 9.17) is 0 Å². The minimum atomic E-state index is -0.673. The van der Waals surface area contributed by atoms with E-state index in [0.29, 0.717) is 57.3 Å². The lowest BCUT2D eigenvalue weighted by Crippen LogP contribution is -2.47. The summed E-state index contributed by atoms with van der Waals surface area (Å²) >= 11 is 0. The van der Waals surface area contributed by atoms with Gasteiger partial charge >= 0.3 is 12.1 Å². The van der Waals surface area contributed by atoms with Gasteiger partial charge in [-0.05, 0) is 48.4 Å². The highest BCUT2D eigenvalue weighted by atomic mass is 16.3. The lowest BCUT2D eigenvalue weighted by atomic mass is 10.0. The van der Waals surface area contributed by atoms with E-state index in [1.165, 1.54) is 0 Å². The number of aliphatic imine (C=N–C) groups is 2. The molecular formula is C44H36N8O8. The molecule has 16 nitrogen and oxygen atoms in total. The van der Waals surface area contributed by atoms with Crippen molar-refractivity contribution < 1.29 is 39.0 Å². The Kier molecular flexibility index (Phi) is 9.30. The Balaban J connectivity index is 0.860. The van der Waals surface area contributed by atoms with Crippen LogP contribution >= 0.6 is 0 Å². The third kappa shape index (κ3) is 6.34. The highest BCUT2D eigenvalue weighted by molar-refractivity contribution is 6.57. The standard InChI is InChI=1S/C44H36N8O8/c1-50-19-16-24(22-34(50)54)47-44(60)52-32-13-7-4-10-28(32)36(42(52)58)38-40(56)26-15-14-23(20-30(26)49-38)21-33(53)45-17-18-46-43(59)51-31-12-6-3-9-27(31)35(41(51)57)37-39(55)25-8-2-5-11-29(25)48-37/h2-15,20,24,57-58H,16-19,21-22H2,1H3,(H,45,53)(H,46,59)(H,47,60). The van der Waals surface area contributed by atoms with E-state index in [-0.39, 0.29) is 71.6 Å². The van der Waals surface area contributed by atoms with E-state index in [2.05, 4.69) is 25.9 Å². The zero-order valence-electron chi connectivity index (χ0n) is 32.1. The molecule has 3 aliphatic heterocycles. The normalized spacial score (nSPS) is 15.8. The van der Waals surface area contributed by atoms with Crippen molar-refractivity contribution in [3.63, 3.8) is 0 Å². The van der Waals surface area contributed by atoms with Crippen LogP contribution in [0, 0.1) is 0 Å². The van der Waals surface area contributed by atoms with Crippen LogP contribution in [0.1, 0.15) is 50.2 Å². The number of piperidine rings is 1. The zero-order chi connectivity index (χ0) is 41.8. The second kappa shape index (κ2) is 14.8. The first kappa shape index (κ1) is 37.7. The molecule has 0 spiro atoms. The summed E-state index contributed by atoms with van der Waals surface area (Å²) in [7, 11) is 1.70. The van der Waals surface area contributed by atoms with Gasteiger partial charge in [0.05, 0.1) is 40.0 Å². The lowest BCUT2D eigenvalue weighted by Gasteiger charge is -2.29. The number of likely N-dealkylation sites (tertiary alicyclic amines) is 1. The van der Waals surface area contributed by atoms with Crippen molar-refractivity contribution in [3.8, 4) is 11.8 Å². The second-order valence-electron chi connectivity index (χ2n) is 14.8. The molecule has 4 aromatic carbocycles. The first-order valence-electron chi connectivity index (χ1n) is 19.2. The molecule has 300 valence electrons. The topological polar surface area (TPSA) is 217 Å². The van der Waals surface area contributed by atoms with Crippen LogP contribution in [-0.4, -0.2) is 104 Å². The number of rotatable bonds is 8. The number of nitrogens with zero attached hydrogens (tertiary/aromatic N) is 5. The summed E-state index contributed by atoms with van der Waals surface area (Å²) in [5.41, 5.74) is 2.94. The van der Waals surface area contributed by atoms with Crippen LogP contribution in [0.2, 0.25) is 0 Å². The summed E-state index contributed by atoms with van der Waals surface area (Å²) in [6.45, 7) is 0.543. The summed E-state index contributed by atoms with van der Waals surface area (Å²) in [5.74, 6) is -2.19. The molecule has 5 N–H and O–H groups in total. The minimum Gasteiger partial charge on any atom is -0.494 e. The van der Waals surface area contributed by atoms with Crippen LogP contribution in [0.4, 0.5) is 21.0 Å². The van der Waals surface area contributed by atoms with E-state index < -0.39 is 35.6 Å². The minimum absolute atomic E-state index is 0.00869. The number of Topliss-reactive ketones (excluding diaryl/α,β-unsaturated/α-hetero) is 2. The Morgan fingerprint density at radius 2 is 1.27 bits per heavy atom. The average Bonchev–Trinajstić information content (AvgIpc) is 3.93. The molecule has 4 amide bonds. The molecule has 60 heavy (non-hydrogen) atoms. The van der Waals surface area contributed by atoms with Gasteiger partial charge in [-0.2, -0.15) is 0 Å². The lowest BCUT2D eigenvalue weighted by molar-refractivity contribution is -0.132. The molecule has 1 atom stereocenters. The van der Waals surface area contributed by atoms with Gasteiger partial charge in [-0.3, -0.25) is 19.2 Å². The van der Waals surface area contributed by atoms with Gasteiger partial charge in [-0.15, -0.1) is 0 Å². The fraction of sp³-hybridized carbons (Fsp3) is 0.182. The maximum atomic E-state index is 13.7. The molecule has 6 aromatic rings. The highest BCUT2D eigenvalue weighted by Crippen LogP contribution is 2.39. The number of nitrogens with one attached hydrogen (secondary N) is 3. The van der Waals surface area contributed by atoms with Crippen LogP contribution in [0.25, 0.3) is 21.8 Å².